The van der Waals surface area contributed by atoms with E-state index >= 15 is 0 Å². The first kappa shape index (κ1) is 23.2. The molecule has 0 spiro atoms. The fourth-order valence-corrected chi connectivity index (χ4v) is 2.22. The molecule has 0 aliphatic rings. The zero-order valence-electron chi connectivity index (χ0n) is 16.4. The van der Waals surface area contributed by atoms with Gasteiger partial charge in [0, 0.05) is 12.6 Å². The number of hydrogen-bond acceptors (Lipinski definition) is 4. The van der Waals surface area contributed by atoms with Gasteiger partial charge in [-0.25, -0.2) is 4.79 Å². The van der Waals surface area contributed by atoms with Crippen LogP contribution in [0.5, 0.6) is 0 Å². The molecule has 0 radical (unpaired) electrons. The average molecular weight is 354 g/mol. The van der Waals surface area contributed by atoms with Gasteiger partial charge < -0.3 is 9.47 Å². The van der Waals surface area contributed by atoms with Gasteiger partial charge in [0.2, 0.25) is 0 Å². The largest absolute Gasteiger partial charge is 0.469 e. The van der Waals surface area contributed by atoms with Crippen LogP contribution in [0.25, 0.3) is 0 Å². The molecule has 0 fully saturated rings. The highest BCUT2D eigenvalue weighted by Gasteiger charge is 2.14. The Morgan fingerprint density at radius 1 is 1.00 bits per heavy atom. The highest BCUT2D eigenvalue weighted by Crippen LogP contribution is 2.14. The monoisotopic (exact) mass is 353 g/mol. The number of carbonyl (C=O) groups excluding carboxylic acids is 2. The number of carbonyl (C=O) groups is 2. The van der Waals surface area contributed by atoms with E-state index in [0.29, 0.717) is 6.42 Å². The molecule has 1 amide bonds. The van der Waals surface area contributed by atoms with Crippen LogP contribution in [0.2, 0.25) is 0 Å². The minimum Gasteiger partial charge on any atom is -0.469 e. The van der Waals surface area contributed by atoms with Crippen molar-refractivity contribution in [2.45, 2.75) is 84.2 Å². The molecule has 0 bridgehead atoms. The summed E-state index contributed by atoms with van der Waals surface area (Å²) in [6.07, 6.45) is 12.0. The standard InChI is InChI=1S/C20H35NO4/c1-17(14-12-16-21-19(23)25-20(2,3)4)13-10-8-6-7-9-11-15-18(22)24-5/h12,16H,1,6-11,13-15H2,2-5H3,(H,21,23)/b16-12+. The van der Waals surface area contributed by atoms with E-state index in [4.69, 9.17) is 4.74 Å². The first-order valence-electron chi connectivity index (χ1n) is 9.12. The Morgan fingerprint density at radius 3 is 2.12 bits per heavy atom. The van der Waals surface area contributed by atoms with Crippen molar-refractivity contribution in [1.82, 2.24) is 5.32 Å². The number of rotatable bonds is 12. The summed E-state index contributed by atoms with van der Waals surface area (Å²) in [6, 6.07) is 0. The minimum absolute atomic E-state index is 0.120. The normalized spacial score (nSPS) is 11.4. The van der Waals surface area contributed by atoms with Crippen LogP contribution in [-0.4, -0.2) is 24.8 Å². The van der Waals surface area contributed by atoms with Crippen LogP contribution < -0.4 is 5.32 Å². The summed E-state index contributed by atoms with van der Waals surface area (Å²) in [5.74, 6) is -0.120. The molecule has 0 unspecified atom stereocenters. The molecule has 0 saturated carbocycles. The Labute approximate surface area is 152 Å². The van der Waals surface area contributed by atoms with Crippen molar-refractivity contribution >= 4 is 12.1 Å². The van der Waals surface area contributed by atoms with Gasteiger partial charge in [0.15, 0.2) is 0 Å². The molecule has 144 valence electrons. The van der Waals surface area contributed by atoms with Crippen LogP contribution in [0, 0.1) is 0 Å². The van der Waals surface area contributed by atoms with E-state index in [1.165, 1.54) is 20.0 Å². The van der Waals surface area contributed by atoms with Crippen molar-refractivity contribution < 1.29 is 19.1 Å². The Balaban J connectivity index is 3.54. The molecule has 25 heavy (non-hydrogen) atoms. The number of unbranched alkanes of at least 4 members (excludes halogenated alkanes) is 5. The number of alkyl carbamates (subject to hydrolysis) is 1. The maximum atomic E-state index is 11.4. The molecule has 5 heteroatoms. The van der Waals surface area contributed by atoms with Crippen LogP contribution in [0.1, 0.15) is 78.6 Å². The summed E-state index contributed by atoms with van der Waals surface area (Å²) < 4.78 is 9.75. The van der Waals surface area contributed by atoms with Gasteiger partial charge >= 0.3 is 12.1 Å². The molecule has 0 aliphatic heterocycles. The quantitative estimate of drug-likeness (QED) is 0.295. The van der Waals surface area contributed by atoms with Crippen molar-refractivity contribution in [1.29, 1.82) is 0 Å². The molecule has 0 rings (SSSR count). The number of ether oxygens (including phenoxy) is 2. The van der Waals surface area contributed by atoms with Crippen molar-refractivity contribution in [2.24, 2.45) is 0 Å². The highest BCUT2D eigenvalue weighted by atomic mass is 16.6. The predicted octanol–water partition coefficient (Wildman–Crippen LogP) is 5.26. The fourth-order valence-electron chi connectivity index (χ4n) is 2.22. The molecule has 0 aromatic rings. The second-order valence-corrected chi connectivity index (χ2v) is 7.20. The number of methoxy groups -OCH3 is 1. The summed E-state index contributed by atoms with van der Waals surface area (Å²) in [6.45, 7) is 9.55. The van der Waals surface area contributed by atoms with Crippen LogP contribution >= 0.6 is 0 Å². The Bertz CT molecular complexity index is 435. The molecule has 1 N–H and O–H groups in total. The minimum atomic E-state index is -0.485. The Morgan fingerprint density at radius 2 is 1.56 bits per heavy atom. The zero-order valence-corrected chi connectivity index (χ0v) is 16.4. The molecule has 0 saturated heterocycles. The van der Waals surface area contributed by atoms with E-state index in [1.807, 2.05) is 26.8 Å². The lowest BCUT2D eigenvalue weighted by molar-refractivity contribution is -0.140. The maximum Gasteiger partial charge on any atom is 0.411 e. The third kappa shape index (κ3) is 16.8. The van der Waals surface area contributed by atoms with Gasteiger partial charge in [0.25, 0.3) is 0 Å². The molecule has 0 aromatic carbocycles. The molecule has 0 atom stereocenters. The van der Waals surface area contributed by atoms with E-state index in [0.717, 1.165) is 44.1 Å². The Kier molecular flexibility index (Phi) is 12.5. The average Bonchev–Trinajstić information content (AvgIpc) is 2.52. The summed E-state index contributed by atoms with van der Waals surface area (Å²) in [7, 11) is 1.43. The molecule has 0 heterocycles. The van der Waals surface area contributed by atoms with E-state index in [2.05, 4.69) is 16.6 Å². The lowest BCUT2D eigenvalue weighted by Crippen LogP contribution is -2.29. The number of nitrogens with one attached hydrogen (secondary N) is 1. The maximum absolute atomic E-state index is 11.4. The van der Waals surface area contributed by atoms with Crippen molar-refractivity contribution in [3.05, 3.63) is 24.4 Å². The number of hydrogen-bond donors (Lipinski definition) is 1. The van der Waals surface area contributed by atoms with Gasteiger partial charge in [-0.2, -0.15) is 0 Å². The van der Waals surface area contributed by atoms with Gasteiger partial charge in [-0.15, -0.1) is 0 Å². The molecular weight excluding hydrogens is 318 g/mol. The fraction of sp³-hybridized carbons (Fsp3) is 0.700. The Hall–Kier alpha value is -1.78. The smallest absolute Gasteiger partial charge is 0.411 e. The molecule has 0 aromatic heterocycles. The van der Waals surface area contributed by atoms with Gasteiger partial charge in [-0.05, 0) is 46.5 Å². The van der Waals surface area contributed by atoms with Gasteiger partial charge in [0.1, 0.15) is 5.60 Å². The van der Waals surface area contributed by atoms with E-state index in [-0.39, 0.29) is 5.97 Å². The molecular formula is C20H35NO4. The SMILES string of the molecule is C=C(C/C=C/NC(=O)OC(C)(C)C)CCCCCCCCC(=O)OC. The van der Waals surface area contributed by atoms with Crippen LogP contribution in [0.15, 0.2) is 24.4 Å². The van der Waals surface area contributed by atoms with Gasteiger partial charge in [-0.3, -0.25) is 10.1 Å². The molecule has 0 aliphatic carbocycles. The van der Waals surface area contributed by atoms with Crippen molar-refractivity contribution in [2.75, 3.05) is 7.11 Å². The van der Waals surface area contributed by atoms with Crippen molar-refractivity contribution in [3.63, 3.8) is 0 Å². The summed E-state index contributed by atoms with van der Waals surface area (Å²) in [5.41, 5.74) is 0.675. The zero-order chi connectivity index (χ0) is 19.1. The summed E-state index contributed by atoms with van der Waals surface area (Å²) in [5, 5.41) is 2.59. The third-order valence-electron chi connectivity index (χ3n) is 3.51. The summed E-state index contributed by atoms with van der Waals surface area (Å²) >= 11 is 0. The third-order valence-corrected chi connectivity index (χ3v) is 3.51. The van der Waals surface area contributed by atoms with Gasteiger partial charge in [0.05, 0.1) is 7.11 Å². The van der Waals surface area contributed by atoms with Crippen LogP contribution in [-0.2, 0) is 14.3 Å². The van der Waals surface area contributed by atoms with E-state index < -0.39 is 11.7 Å². The number of esters is 1. The topological polar surface area (TPSA) is 64.6 Å². The number of amides is 1. The summed E-state index contributed by atoms with van der Waals surface area (Å²) in [4.78, 5) is 22.4. The molecule has 5 nitrogen and oxygen atoms in total. The number of allylic oxidation sites excluding steroid dienone is 2. The first-order chi connectivity index (χ1) is 11.7. The lowest BCUT2D eigenvalue weighted by atomic mass is 10.0. The second kappa shape index (κ2) is 13.5. The van der Waals surface area contributed by atoms with E-state index in [1.54, 1.807) is 6.20 Å². The van der Waals surface area contributed by atoms with Crippen LogP contribution in [0.3, 0.4) is 0 Å². The van der Waals surface area contributed by atoms with Crippen LogP contribution in [0.4, 0.5) is 4.79 Å². The predicted molar refractivity (Wildman–Crippen MR) is 101 cm³/mol. The van der Waals surface area contributed by atoms with Gasteiger partial charge in [-0.1, -0.05) is 43.9 Å². The lowest BCUT2D eigenvalue weighted by Gasteiger charge is -2.18. The second-order valence-electron chi connectivity index (χ2n) is 7.20. The van der Waals surface area contributed by atoms with E-state index in [9.17, 15) is 9.59 Å². The van der Waals surface area contributed by atoms with Crippen molar-refractivity contribution in [3.8, 4) is 0 Å². The highest BCUT2D eigenvalue weighted by molar-refractivity contribution is 5.69. The first-order valence-corrected chi connectivity index (χ1v) is 9.12.